The minimum atomic E-state index is 0.280. The summed E-state index contributed by atoms with van der Waals surface area (Å²) in [6.07, 6.45) is 1.73. The van der Waals surface area contributed by atoms with Gasteiger partial charge in [-0.3, -0.25) is 4.79 Å². The number of likely N-dealkylation sites (tertiary alicyclic amines) is 1. The number of fused-ring (bicyclic) bond motifs is 1. The summed E-state index contributed by atoms with van der Waals surface area (Å²) in [6.45, 7) is 2.33. The van der Waals surface area contributed by atoms with Crippen LogP contribution in [0.4, 0.5) is 0 Å². The average molecular weight is 328 g/mol. The van der Waals surface area contributed by atoms with E-state index < -0.39 is 0 Å². The van der Waals surface area contributed by atoms with Crippen LogP contribution in [0, 0.1) is 0 Å². The van der Waals surface area contributed by atoms with Crippen LogP contribution in [0.15, 0.2) is 41.8 Å². The van der Waals surface area contributed by atoms with Crippen LogP contribution in [0.1, 0.15) is 23.3 Å². The van der Waals surface area contributed by atoms with Gasteiger partial charge in [-0.1, -0.05) is 18.2 Å². The maximum atomic E-state index is 12.2. The molecule has 2 fully saturated rings. The molecule has 1 N–H and O–H groups in total. The lowest BCUT2D eigenvalue weighted by molar-refractivity contribution is -0.129. The van der Waals surface area contributed by atoms with E-state index in [2.05, 4.69) is 21.7 Å². The van der Waals surface area contributed by atoms with Crippen molar-refractivity contribution in [1.82, 2.24) is 10.2 Å². The van der Waals surface area contributed by atoms with E-state index in [9.17, 15) is 4.79 Å². The molecular weight excluding hydrogens is 308 g/mol. The van der Waals surface area contributed by atoms with Gasteiger partial charge in [0.05, 0.1) is 6.54 Å². The lowest BCUT2D eigenvalue weighted by Crippen LogP contribution is -2.35. The average Bonchev–Trinajstić information content (AvgIpc) is 3.26. The van der Waals surface area contributed by atoms with E-state index >= 15 is 0 Å². The van der Waals surface area contributed by atoms with Gasteiger partial charge in [0.25, 0.3) is 0 Å². The van der Waals surface area contributed by atoms with Gasteiger partial charge in [0.2, 0.25) is 5.91 Å². The molecule has 120 valence electrons. The summed E-state index contributed by atoms with van der Waals surface area (Å²) < 4.78 is 5.78. The summed E-state index contributed by atoms with van der Waals surface area (Å²) in [6, 6.07) is 12.8. The molecule has 0 saturated carbocycles. The number of nitrogens with zero attached hydrogens (tertiary/aromatic N) is 1. The van der Waals surface area contributed by atoms with Crippen molar-refractivity contribution in [2.45, 2.75) is 38.1 Å². The number of nitrogens with one attached hydrogen (secondary N) is 1. The zero-order chi connectivity index (χ0) is 15.6. The Morgan fingerprint density at radius 1 is 1.30 bits per heavy atom. The van der Waals surface area contributed by atoms with Crippen LogP contribution in [-0.4, -0.2) is 29.4 Å². The maximum absolute atomic E-state index is 12.2. The van der Waals surface area contributed by atoms with Crippen molar-refractivity contribution >= 4 is 17.2 Å². The molecule has 5 heteroatoms. The van der Waals surface area contributed by atoms with Crippen molar-refractivity contribution in [2.24, 2.45) is 0 Å². The highest BCUT2D eigenvalue weighted by molar-refractivity contribution is 7.10. The van der Waals surface area contributed by atoms with Crippen molar-refractivity contribution in [2.75, 3.05) is 6.54 Å². The van der Waals surface area contributed by atoms with E-state index in [4.69, 9.17) is 4.74 Å². The third-order valence-corrected chi connectivity index (χ3v) is 5.58. The van der Waals surface area contributed by atoms with Crippen LogP contribution in [-0.2, 0) is 17.9 Å². The second-order valence-corrected chi connectivity index (χ2v) is 7.16. The number of rotatable bonds is 5. The summed E-state index contributed by atoms with van der Waals surface area (Å²) in [7, 11) is 0. The molecule has 3 heterocycles. The first-order chi connectivity index (χ1) is 11.3. The molecule has 0 aliphatic carbocycles. The Morgan fingerprint density at radius 3 is 3.04 bits per heavy atom. The first-order valence-electron chi connectivity index (χ1n) is 8.06. The van der Waals surface area contributed by atoms with E-state index in [1.54, 1.807) is 11.3 Å². The van der Waals surface area contributed by atoms with E-state index in [-0.39, 0.29) is 5.91 Å². The number of thiophene rings is 1. The van der Waals surface area contributed by atoms with Gasteiger partial charge in [0, 0.05) is 28.9 Å². The zero-order valence-electron chi connectivity index (χ0n) is 12.9. The molecule has 1 amide bonds. The van der Waals surface area contributed by atoms with Crippen LogP contribution >= 0.6 is 11.3 Å². The summed E-state index contributed by atoms with van der Waals surface area (Å²) in [4.78, 5) is 15.5. The molecule has 0 bridgehead atoms. The van der Waals surface area contributed by atoms with Crippen molar-refractivity contribution < 1.29 is 9.53 Å². The molecule has 2 atom stereocenters. The molecule has 1 aromatic carbocycles. The Morgan fingerprint density at radius 2 is 2.17 bits per heavy atom. The Labute approximate surface area is 140 Å². The molecule has 4 nitrogen and oxygen atoms in total. The molecule has 0 radical (unpaired) electrons. The number of carbonyl (C=O) groups is 1. The van der Waals surface area contributed by atoms with E-state index in [0.717, 1.165) is 25.3 Å². The summed E-state index contributed by atoms with van der Waals surface area (Å²) in [5.41, 5.74) is 1.17. The highest BCUT2D eigenvalue weighted by Gasteiger charge is 2.42. The minimum absolute atomic E-state index is 0.280. The van der Waals surface area contributed by atoms with Crippen molar-refractivity contribution in [3.63, 3.8) is 0 Å². The standard InChI is InChI=1S/C18H20N2O2S/c21-18-9-16-17(6-7-19-16)20(18)10-15-8-13(12-23-15)11-22-14-4-2-1-3-5-14/h1-5,8,12,16-17,19H,6-7,9-11H2/t16-,17-/m1/s1. The SMILES string of the molecule is O=C1C[C@H]2NCC[C@H]2N1Cc1cc(COc2ccccc2)cs1. The Balaban J connectivity index is 1.37. The quantitative estimate of drug-likeness (QED) is 0.918. The first kappa shape index (κ1) is 14.7. The van der Waals surface area contributed by atoms with Gasteiger partial charge < -0.3 is 15.0 Å². The third kappa shape index (κ3) is 3.12. The molecule has 2 aromatic rings. The third-order valence-electron chi connectivity index (χ3n) is 4.61. The number of hydrogen-bond donors (Lipinski definition) is 1. The van der Waals surface area contributed by atoms with Crippen molar-refractivity contribution in [1.29, 1.82) is 0 Å². The second-order valence-electron chi connectivity index (χ2n) is 6.17. The van der Waals surface area contributed by atoms with Gasteiger partial charge in [-0.25, -0.2) is 0 Å². The number of para-hydroxylation sites is 1. The van der Waals surface area contributed by atoms with Crippen molar-refractivity contribution in [3.8, 4) is 5.75 Å². The fourth-order valence-corrected chi connectivity index (χ4v) is 4.34. The van der Waals surface area contributed by atoms with Crippen LogP contribution < -0.4 is 10.1 Å². The fraction of sp³-hybridized carbons (Fsp3) is 0.389. The normalized spacial score (nSPS) is 23.3. The molecule has 2 aliphatic rings. The number of benzene rings is 1. The Hall–Kier alpha value is -1.85. The Bertz CT molecular complexity index is 685. The highest BCUT2D eigenvalue weighted by atomic mass is 32.1. The van der Waals surface area contributed by atoms with Gasteiger partial charge >= 0.3 is 0 Å². The molecule has 0 spiro atoms. The maximum Gasteiger partial charge on any atom is 0.224 e. The predicted octanol–water partition coefficient (Wildman–Crippen LogP) is 2.79. The van der Waals surface area contributed by atoms with E-state index in [1.165, 1.54) is 10.4 Å². The molecule has 2 saturated heterocycles. The summed E-state index contributed by atoms with van der Waals surface area (Å²) >= 11 is 1.71. The van der Waals surface area contributed by atoms with Crippen LogP contribution in [0.25, 0.3) is 0 Å². The second kappa shape index (κ2) is 6.34. The van der Waals surface area contributed by atoms with E-state index in [1.807, 2.05) is 30.3 Å². The van der Waals surface area contributed by atoms with Gasteiger partial charge in [-0.2, -0.15) is 0 Å². The smallest absolute Gasteiger partial charge is 0.224 e. The van der Waals surface area contributed by atoms with Crippen LogP contribution in [0.3, 0.4) is 0 Å². The van der Waals surface area contributed by atoms with Crippen molar-refractivity contribution in [3.05, 3.63) is 52.2 Å². The first-order valence-corrected chi connectivity index (χ1v) is 8.94. The lowest BCUT2D eigenvalue weighted by atomic mass is 10.1. The summed E-state index contributed by atoms with van der Waals surface area (Å²) in [5.74, 6) is 1.16. The monoisotopic (exact) mass is 328 g/mol. The number of amides is 1. The Kier molecular flexibility index (Phi) is 4.06. The topological polar surface area (TPSA) is 41.6 Å². The molecule has 23 heavy (non-hydrogen) atoms. The number of carbonyl (C=O) groups excluding carboxylic acids is 1. The molecule has 0 unspecified atom stereocenters. The number of hydrogen-bond acceptors (Lipinski definition) is 4. The highest BCUT2D eigenvalue weighted by Crippen LogP contribution is 2.29. The molecule has 4 rings (SSSR count). The minimum Gasteiger partial charge on any atom is -0.489 e. The lowest BCUT2D eigenvalue weighted by Gasteiger charge is -2.22. The zero-order valence-corrected chi connectivity index (χ0v) is 13.7. The summed E-state index contributed by atoms with van der Waals surface area (Å²) in [5, 5.41) is 5.56. The molecular formula is C18H20N2O2S. The fourth-order valence-electron chi connectivity index (χ4n) is 3.47. The predicted molar refractivity (Wildman–Crippen MR) is 90.5 cm³/mol. The van der Waals surface area contributed by atoms with Gasteiger partial charge in [-0.15, -0.1) is 11.3 Å². The van der Waals surface area contributed by atoms with Crippen LogP contribution in [0.2, 0.25) is 0 Å². The molecule has 1 aromatic heterocycles. The van der Waals surface area contributed by atoms with Crippen LogP contribution in [0.5, 0.6) is 5.75 Å². The van der Waals surface area contributed by atoms with E-state index in [0.29, 0.717) is 25.1 Å². The number of ether oxygens (including phenoxy) is 1. The van der Waals surface area contributed by atoms with Gasteiger partial charge in [0.15, 0.2) is 0 Å². The van der Waals surface area contributed by atoms with Gasteiger partial charge in [0.1, 0.15) is 12.4 Å². The molecule has 2 aliphatic heterocycles. The largest absolute Gasteiger partial charge is 0.489 e. The van der Waals surface area contributed by atoms with Gasteiger partial charge in [-0.05, 0) is 36.5 Å².